The van der Waals surface area contributed by atoms with E-state index in [0.717, 1.165) is 0 Å². The summed E-state index contributed by atoms with van der Waals surface area (Å²) in [6, 6.07) is 1.50. The lowest BCUT2D eigenvalue weighted by Crippen LogP contribution is -2.27. The number of sulfonamides is 1. The van der Waals surface area contributed by atoms with E-state index >= 15 is 0 Å². The Morgan fingerprint density at radius 2 is 2.25 bits per heavy atom. The van der Waals surface area contributed by atoms with Crippen molar-refractivity contribution in [3.05, 3.63) is 29.6 Å². The Morgan fingerprint density at radius 3 is 2.90 bits per heavy atom. The van der Waals surface area contributed by atoms with E-state index in [1.807, 2.05) is 0 Å². The molecular weight excluding hydrogens is 282 g/mol. The molecule has 0 radical (unpaired) electrons. The molecule has 20 heavy (non-hydrogen) atoms. The first kappa shape index (κ1) is 16.1. The first-order valence-electron chi connectivity index (χ1n) is 5.76. The van der Waals surface area contributed by atoms with Crippen molar-refractivity contribution in [1.29, 1.82) is 0 Å². The van der Waals surface area contributed by atoms with Gasteiger partial charge in [0.1, 0.15) is 6.61 Å². The van der Waals surface area contributed by atoms with Gasteiger partial charge in [-0.15, -0.1) is 0 Å². The van der Waals surface area contributed by atoms with Crippen molar-refractivity contribution >= 4 is 15.9 Å². The van der Waals surface area contributed by atoms with Crippen LogP contribution in [0.1, 0.15) is 22.3 Å². The smallest absolute Gasteiger partial charge is 0.252 e. The van der Waals surface area contributed by atoms with Crippen LogP contribution >= 0.6 is 0 Å². The average molecular weight is 297 g/mol. The van der Waals surface area contributed by atoms with Gasteiger partial charge in [0.15, 0.2) is 0 Å². The summed E-state index contributed by atoms with van der Waals surface area (Å²) in [7, 11) is -3.52. The molecule has 0 aliphatic heterocycles. The molecule has 0 aromatic carbocycles. The maximum Gasteiger partial charge on any atom is 0.252 e. The van der Waals surface area contributed by atoms with Gasteiger partial charge in [-0.1, -0.05) is 11.8 Å². The van der Waals surface area contributed by atoms with Gasteiger partial charge in [0, 0.05) is 18.9 Å². The number of nitrogens with zero attached hydrogens (tertiary/aromatic N) is 1. The topological polar surface area (TPSA) is 122 Å². The Labute approximate surface area is 117 Å². The number of pyridine rings is 1. The fraction of sp³-hybridized carbons (Fsp3) is 0.333. The predicted octanol–water partition coefficient (Wildman–Crippen LogP) is -1.17. The number of nitrogens with one attached hydrogen (secondary N) is 1. The van der Waals surface area contributed by atoms with Crippen LogP contribution in [0.2, 0.25) is 0 Å². The SMILES string of the molecule is NS(=O)(=O)CCCNC(=O)c1ccncc1C#CCO. The summed E-state index contributed by atoms with van der Waals surface area (Å²) in [4.78, 5) is 15.8. The van der Waals surface area contributed by atoms with Crippen molar-refractivity contribution in [3.8, 4) is 11.8 Å². The third-order valence-electron chi connectivity index (χ3n) is 2.26. The van der Waals surface area contributed by atoms with Gasteiger partial charge in [0.25, 0.3) is 5.91 Å². The van der Waals surface area contributed by atoms with E-state index in [9.17, 15) is 13.2 Å². The number of aliphatic hydroxyl groups is 1. The molecule has 0 spiro atoms. The number of aliphatic hydroxyl groups excluding tert-OH is 1. The molecule has 1 amide bonds. The highest BCUT2D eigenvalue weighted by molar-refractivity contribution is 7.89. The van der Waals surface area contributed by atoms with Gasteiger partial charge in [-0.2, -0.15) is 0 Å². The second kappa shape index (κ2) is 7.59. The van der Waals surface area contributed by atoms with Crippen molar-refractivity contribution in [1.82, 2.24) is 10.3 Å². The fourth-order valence-corrected chi connectivity index (χ4v) is 1.94. The average Bonchev–Trinajstić information content (AvgIpc) is 2.40. The molecule has 1 heterocycles. The number of rotatable bonds is 5. The lowest BCUT2D eigenvalue weighted by Gasteiger charge is -2.06. The van der Waals surface area contributed by atoms with Crippen molar-refractivity contribution in [2.75, 3.05) is 18.9 Å². The molecule has 0 unspecified atom stereocenters. The summed E-state index contributed by atoms with van der Waals surface area (Å²) in [6.07, 6.45) is 3.10. The molecule has 0 aliphatic carbocycles. The number of aromatic nitrogens is 1. The Kier molecular flexibility index (Phi) is 6.11. The second-order valence-corrected chi connectivity index (χ2v) is 5.59. The molecular formula is C12H15N3O4S. The van der Waals surface area contributed by atoms with E-state index in [1.54, 1.807) is 0 Å². The molecule has 1 rings (SSSR count). The number of carbonyl (C=O) groups excluding carboxylic acids is 1. The largest absolute Gasteiger partial charge is 0.384 e. The Bertz CT molecular complexity index is 632. The number of hydrogen-bond donors (Lipinski definition) is 3. The normalized spacial score (nSPS) is 10.5. The lowest BCUT2D eigenvalue weighted by molar-refractivity contribution is 0.0953. The zero-order valence-electron chi connectivity index (χ0n) is 10.7. The van der Waals surface area contributed by atoms with E-state index in [4.69, 9.17) is 10.2 Å². The Balaban J connectivity index is 2.64. The number of carbonyl (C=O) groups is 1. The van der Waals surface area contributed by atoms with Gasteiger partial charge in [-0.25, -0.2) is 13.6 Å². The van der Waals surface area contributed by atoms with Crippen LogP contribution in [0.25, 0.3) is 0 Å². The summed E-state index contributed by atoms with van der Waals surface area (Å²) in [5.41, 5.74) is 0.710. The van der Waals surface area contributed by atoms with E-state index in [-0.39, 0.29) is 31.2 Å². The summed E-state index contributed by atoms with van der Waals surface area (Å²) >= 11 is 0. The zero-order chi connectivity index (χ0) is 15.0. The summed E-state index contributed by atoms with van der Waals surface area (Å²) in [5, 5.41) is 16.1. The minimum Gasteiger partial charge on any atom is -0.384 e. The molecule has 0 fully saturated rings. The third kappa shape index (κ3) is 5.79. The van der Waals surface area contributed by atoms with Crippen LogP contribution < -0.4 is 10.5 Å². The predicted molar refractivity (Wildman–Crippen MR) is 73.1 cm³/mol. The summed E-state index contributed by atoms with van der Waals surface area (Å²) in [5.74, 6) is 4.48. The second-order valence-electron chi connectivity index (χ2n) is 3.86. The van der Waals surface area contributed by atoms with Crippen LogP contribution in [0.5, 0.6) is 0 Å². The number of primary sulfonamides is 1. The van der Waals surface area contributed by atoms with E-state index in [0.29, 0.717) is 11.1 Å². The van der Waals surface area contributed by atoms with Gasteiger partial charge < -0.3 is 10.4 Å². The van der Waals surface area contributed by atoms with Crippen molar-refractivity contribution in [2.24, 2.45) is 5.14 Å². The fourth-order valence-electron chi connectivity index (χ4n) is 1.40. The van der Waals surface area contributed by atoms with Crippen molar-refractivity contribution in [2.45, 2.75) is 6.42 Å². The Hall–Kier alpha value is -1.95. The van der Waals surface area contributed by atoms with E-state index in [1.165, 1.54) is 18.5 Å². The molecule has 8 heteroatoms. The van der Waals surface area contributed by atoms with Crippen LogP contribution in [0.3, 0.4) is 0 Å². The van der Waals surface area contributed by atoms with Gasteiger partial charge in [0.05, 0.1) is 16.9 Å². The standard InChI is InChI=1S/C12H15N3O4S/c13-20(18,19)8-2-5-15-12(17)11-4-6-14-9-10(11)3-1-7-16/h4,6,9,16H,2,5,7-8H2,(H,15,17)(H2,13,18,19). The van der Waals surface area contributed by atoms with Crippen molar-refractivity contribution in [3.63, 3.8) is 0 Å². The van der Waals surface area contributed by atoms with E-state index < -0.39 is 10.0 Å². The van der Waals surface area contributed by atoms with Crippen LogP contribution in [0.15, 0.2) is 18.5 Å². The summed E-state index contributed by atoms with van der Waals surface area (Å²) < 4.78 is 21.5. The number of amides is 1. The maximum absolute atomic E-state index is 11.9. The molecule has 0 saturated carbocycles. The van der Waals surface area contributed by atoms with Crippen molar-refractivity contribution < 1.29 is 18.3 Å². The van der Waals surface area contributed by atoms with Gasteiger partial charge in [0.2, 0.25) is 10.0 Å². The van der Waals surface area contributed by atoms with Crippen LogP contribution in [-0.4, -0.2) is 43.3 Å². The number of hydrogen-bond acceptors (Lipinski definition) is 5. The number of nitrogens with two attached hydrogens (primary N) is 1. The highest BCUT2D eigenvalue weighted by Crippen LogP contribution is 2.05. The van der Waals surface area contributed by atoms with Gasteiger partial charge in [-0.3, -0.25) is 9.78 Å². The third-order valence-corrected chi connectivity index (χ3v) is 3.12. The molecule has 7 nitrogen and oxygen atoms in total. The molecule has 108 valence electrons. The highest BCUT2D eigenvalue weighted by atomic mass is 32.2. The lowest BCUT2D eigenvalue weighted by atomic mass is 10.1. The van der Waals surface area contributed by atoms with Gasteiger partial charge >= 0.3 is 0 Å². The molecule has 0 bridgehead atoms. The molecule has 4 N–H and O–H groups in total. The van der Waals surface area contributed by atoms with Gasteiger partial charge in [-0.05, 0) is 12.5 Å². The minimum absolute atomic E-state index is 0.185. The molecule has 0 atom stereocenters. The maximum atomic E-state index is 11.9. The van der Waals surface area contributed by atoms with Crippen LogP contribution in [0.4, 0.5) is 0 Å². The quantitative estimate of drug-likeness (QED) is 0.467. The molecule has 1 aromatic rings. The highest BCUT2D eigenvalue weighted by Gasteiger charge is 2.10. The molecule has 1 aromatic heterocycles. The Morgan fingerprint density at radius 1 is 1.50 bits per heavy atom. The van der Waals surface area contributed by atoms with Crippen LogP contribution in [-0.2, 0) is 10.0 Å². The molecule has 0 saturated heterocycles. The molecule has 0 aliphatic rings. The minimum atomic E-state index is -3.52. The van der Waals surface area contributed by atoms with Crippen LogP contribution in [0, 0.1) is 11.8 Å². The summed E-state index contributed by atoms with van der Waals surface area (Å²) in [6.45, 7) is -0.130. The monoisotopic (exact) mass is 297 g/mol. The van der Waals surface area contributed by atoms with E-state index in [2.05, 4.69) is 22.1 Å². The first-order chi connectivity index (χ1) is 9.44. The first-order valence-corrected chi connectivity index (χ1v) is 7.48. The zero-order valence-corrected chi connectivity index (χ0v) is 11.5.